The van der Waals surface area contributed by atoms with Crippen LogP contribution in [0.5, 0.6) is 0 Å². The molecule has 2 rings (SSSR count). The molecule has 1 aromatic rings. The fourth-order valence-electron chi connectivity index (χ4n) is 2.84. The quantitative estimate of drug-likeness (QED) is 0.738. The van der Waals surface area contributed by atoms with Gasteiger partial charge in [0.25, 0.3) is 0 Å². The molecule has 0 aliphatic carbocycles. The van der Waals surface area contributed by atoms with Crippen LogP contribution in [-0.2, 0) is 0 Å². The van der Waals surface area contributed by atoms with E-state index in [0.717, 1.165) is 11.5 Å². The highest BCUT2D eigenvalue weighted by Gasteiger charge is 2.18. The first-order valence-electron chi connectivity index (χ1n) is 7.21. The number of allylic oxidation sites excluding steroid dienone is 1. The van der Waals surface area contributed by atoms with Crippen LogP contribution in [0.3, 0.4) is 0 Å². The van der Waals surface area contributed by atoms with Crippen molar-refractivity contribution in [3.8, 4) is 0 Å². The summed E-state index contributed by atoms with van der Waals surface area (Å²) in [6, 6.07) is 8.86. The second-order valence-electron chi connectivity index (χ2n) is 5.55. The standard InChI is InChI=1S/C17H25N/c1-4-5-15-10-12-18(13-11-15)17-8-6-16(7-9-17)14(2)3/h6-9,15H,2,4-5,10-13H2,1,3H3. The van der Waals surface area contributed by atoms with Crippen molar-refractivity contribution >= 4 is 11.3 Å². The molecule has 0 amide bonds. The highest BCUT2D eigenvalue weighted by molar-refractivity contribution is 5.64. The zero-order chi connectivity index (χ0) is 13.0. The monoisotopic (exact) mass is 243 g/mol. The van der Waals surface area contributed by atoms with E-state index >= 15 is 0 Å². The summed E-state index contributed by atoms with van der Waals surface area (Å²) in [5.74, 6) is 0.959. The van der Waals surface area contributed by atoms with Crippen LogP contribution in [0.15, 0.2) is 30.8 Å². The van der Waals surface area contributed by atoms with Gasteiger partial charge in [-0.3, -0.25) is 0 Å². The molecule has 0 unspecified atom stereocenters. The second-order valence-corrected chi connectivity index (χ2v) is 5.55. The maximum absolute atomic E-state index is 3.98. The molecule has 0 atom stereocenters. The lowest BCUT2D eigenvalue weighted by Gasteiger charge is -2.33. The molecular weight excluding hydrogens is 218 g/mol. The van der Waals surface area contributed by atoms with Crippen molar-refractivity contribution in [1.29, 1.82) is 0 Å². The molecule has 98 valence electrons. The van der Waals surface area contributed by atoms with E-state index < -0.39 is 0 Å². The summed E-state index contributed by atoms with van der Waals surface area (Å²) >= 11 is 0. The lowest BCUT2D eigenvalue weighted by atomic mass is 9.92. The summed E-state index contributed by atoms with van der Waals surface area (Å²) in [5, 5.41) is 0. The molecule has 1 aliphatic heterocycles. The van der Waals surface area contributed by atoms with Gasteiger partial charge in [-0.2, -0.15) is 0 Å². The topological polar surface area (TPSA) is 3.24 Å². The van der Waals surface area contributed by atoms with Gasteiger partial charge in [0.15, 0.2) is 0 Å². The Labute approximate surface area is 112 Å². The van der Waals surface area contributed by atoms with Gasteiger partial charge in [0.2, 0.25) is 0 Å². The Morgan fingerprint density at radius 1 is 1.22 bits per heavy atom. The molecule has 1 fully saturated rings. The minimum Gasteiger partial charge on any atom is -0.372 e. The van der Waals surface area contributed by atoms with Crippen LogP contribution in [0.25, 0.3) is 5.57 Å². The van der Waals surface area contributed by atoms with E-state index in [-0.39, 0.29) is 0 Å². The Morgan fingerprint density at radius 3 is 2.33 bits per heavy atom. The largest absolute Gasteiger partial charge is 0.372 e. The zero-order valence-corrected chi connectivity index (χ0v) is 11.8. The van der Waals surface area contributed by atoms with Crippen molar-refractivity contribution in [3.05, 3.63) is 36.4 Å². The average Bonchev–Trinajstić information content (AvgIpc) is 2.40. The summed E-state index contributed by atoms with van der Waals surface area (Å²) in [5.41, 5.74) is 3.76. The first-order valence-corrected chi connectivity index (χ1v) is 7.21. The normalized spacial score (nSPS) is 16.9. The van der Waals surface area contributed by atoms with Gasteiger partial charge in [-0.05, 0) is 43.4 Å². The van der Waals surface area contributed by atoms with Crippen molar-refractivity contribution in [3.63, 3.8) is 0 Å². The molecule has 1 nitrogen and oxygen atoms in total. The predicted molar refractivity (Wildman–Crippen MR) is 81.0 cm³/mol. The van der Waals surface area contributed by atoms with Gasteiger partial charge >= 0.3 is 0 Å². The van der Waals surface area contributed by atoms with Crippen LogP contribution in [0.1, 0.15) is 45.1 Å². The average molecular weight is 243 g/mol. The summed E-state index contributed by atoms with van der Waals surface area (Å²) in [4.78, 5) is 2.52. The summed E-state index contributed by atoms with van der Waals surface area (Å²) < 4.78 is 0. The lowest BCUT2D eigenvalue weighted by molar-refractivity contribution is 0.378. The van der Waals surface area contributed by atoms with Crippen LogP contribution in [0, 0.1) is 5.92 Å². The molecule has 18 heavy (non-hydrogen) atoms. The van der Waals surface area contributed by atoms with Crippen molar-refractivity contribution in [2.24, 2.45) is 5.92 Å². The molecule has 0 aromatic heterocycles. The van der Waals surface area contributed by atoms with Crippen molar-refractivity contribution in [2.75, 3.05) is 18.0 Å². The van der Waals surface area contributed by atoms with Gasteiger partial charge in [0, 0.05) is 18.8 Å². The Kier molecular flexibility index (Phi) is 4.46. The van der Waals surface area contributed by atoms with E-state index in [1.165, 1.54) is 50.0 Å². The maximum Gasteiger partial charge on any atom is 0.0366 e. The maximum atomic E-state index is 3.98. The third kappa shape index (κ3) is 3.16. The summed E-state index contributed by atoms with van der Waals surface area (Å²) in [6.07, 6.45) is 5.45. The van der Waals surface area contributed by atoms with E-state index in [1.54, 1.807) is 0 Å². The van der Waals surface area contributed by atoms with Crippen LogP contribution in [-0.4, -0.2) is 13.1 Å². The van der Waals surface area contributed by atoms with Crippen molar-refractivity contribution in [2.45, 2.75) is 39.5 Å². The van der Waals surface area contributed by atoms with E-state index in [0.29, 0.717) is 0 Å². The number of anilines is 1. The van der Waals surface area contributed by atoms with E-state index in [1.807, 2.05) is 0 Å². The van der Waals surface area contributed by atoms with E-state index in [4.69, 9.17) is 0 Å². The number of nitrogens with zero attached hydrogens (tertiary/aromatic N) is 1. The minimum absolute atomic E-state index is 0.959. The van der Waals surface area contributed by atoms with Gasteiger partial charge in [-0.25, -0.2) is 0 Å². The number of benzene rings is 1. The van der Waals surface area contributed by atoms with Gasteiger partial charge in [0.1, 0.15) is 0 Å². The first kappa shape index (κ1) is 13.2. The third-order valence-electron chi connectivity index (χ3n) is 4.04. The molecule has 0 N–H and O–H groups in total. The highest BCUT2D eigenvalue weighted by Crippen LogP contribution is 2.26. The van der Waals surface area contributed by atoms with Gasteiger partial charge in [-0.15, -0.1) is 0 Å². The molecule has 1 heterocycles. The van der Waals surface area contributed by atoms with Crippen LogP contribution in [0.4, 0.5) is 5.69 Å². The van der Waals surface area contributed by atoms with Crippen LogP contribution < -0.4 is 4.90 Å². The highest BCUT2D eigenvalue weighted by atomic mass is 15.1. The molecule has 1 heteroatoms. The Morgan fingerprint density at radius 2 is 1.83 bits per heavy atom. The molecule has 0 radical (unpaired) electrons. The number of piperidine rings is 1. The molecule has 1 aliphatic rings. The summed E-state index contributed by atoms with van der Waals surface area (Å²) in [6.45, 7) is 10.8. The SMILES string of the molecule is C=C(C)c1ccc(N2CCC(CCC)CC2)cc1. The Bertz CT molecular complexity index is 383. The van der Waals surface area contributed by atoms with Gasteiger partial charge < -0.3 is 4.90 Å². The van der Waals surface area contributed by atoms with E-state index in [9.17, 15) is 0 Å². The third-order valence-corrected chi connectivity index (χ3v) is 4.04. The Balaban J connectivity index is 1.95. The predicted octanol–water partition coefficient (Wildman–Crippen LogP) is 4.74. The van der Waals surface area contributed by atoms with Crippen molar-refractivity contribution < 1.29 is 0 Å². The first-order chi connectivity index (χ1) is 8.70. The van der Waals surface area contributed by atoms with E-state index in [2.05, 4.69) is 49.6 Å². The van der Waals surface area contributed by atoms with Crippen molar-refractivity contribution in [1.82, 2.24) is 0 Å². The molecule has 1 aromatic carbocycles. The number of rotatable bonds is 4. The smallest absolute Gasteiger partial charge is 0.0366 e. The number of hydrogen-bond donors (Lipinski definition) is 0. The lowest BCUT2D eigenvalue weighted by Crippen LogP contribution is -2.33. The van der Waals surface area contributed by atoms with Crippen LogP contribution >= 0.6 is 0 Å². The zero-order valence-electron chi connectivity index (χ0n) is 11.8. The molecule has 0 bridgehead atoms. The Hall–Kier alpha value is -1.24. The minimum atomic E-state index is 0.959. The van der Waals surface area contributed by atoms with Crippen LogP contribution in [0.2, 0.25) is 0 Å². The fourth-order valence-corrected chi connectivity index (χ4v) is 2.84. The molecule has 0 saturated carbocycles. The van der Waals surface area contributed by atoms with Gasteiger partial charge in [-0.1, -0.05) is 44.1 Å². The second kappa shape index (κ2) is 6.08. The fraction of sp³-hybridized carbons (Fsp3) is 0.529. The number of hydrogen-bond acceptors (Lipinski definition) is 1. The summed E-state index contributed by atoms with van der Waals surface area (Å²) in [7, 11) is 0. The van der Waals surface area contributed by atoms with Gasteiger partial charge in [0.05, 0.1) is 0 Å². The molecule has 0 spiro atoms. The molecule has 1 saturated heterocycles. The molecular formula is C17H25N.